The minimum absolute atomic E-state index is 0.882. The van der Waals surface area contributed by atoms with Crippen molar-refractivity contribution in [1.82, 2.24) is 0 Å². The summed E-state index contributed by atoms with van der Waals surface area (Å²) in [6.07, 6.45) is 9.90. The lowest BCUT2D eigenvalue weighted by Gasteiger charge is -2.22. The molecule has 0 saturated carbocycles. The van der Waals surface area contributed by atoms with Gasteiger partial charge in [0.15, 0.2) is 0 Å². The van der Waals surface area contributed by atoms with E-state index < -0.39 is 0 Å². The van der Waals surface area contributed by atoms with Crippen molar-refractivity contribution >= 4 is 0 Å². The maximum atomic E-state index is 2.46. The Morgan fingerprint density at radius 3 is 1.93 bits per heavy atom. The van der Waals surface area contributed by atoms with Crippen LogP contribution in [0.2, 0.25) is 0 Å². The van der Waals surface area contributed by atoms with Crippen molar-refractivity contribution in [2.75, 3.05) is 0 Å². The Morgan fingerprint density at radius 1 is 0.800 bits per heavy atom. The fourth-order valence-corrected chi connectivity index (χ4v) is 2.44. The van der Waals surface area contributed by atoms with Gasteiger partial charge in [-0.15, -0.1) is 0 Å². The Kier molecular flexibility index (Phi) is 9.24. The molecule has 15 heavy (non-hydrogen) atoms. The SMILES string of the molecule is CCCCC(CC)C(C)CCCC(C)C. The minimum atomic E-state index is 0.882. The molecule has 0 saturated heterocycles. The second-order valence-electron chi connectivity index (χ2n) is 5.61. The molecule has 0 heterocycles. The first-order chi connectivity index (χ1) is 7.11. The van der Waals surface area contributed by atoms with Crippen LogP contribution in [0.1, 0.15) is 79.6 Å². The van der Waals surface area contributed by atoms with Crippen molar-refractivity contribution in [3.05, 3.63) is 0 Å². The van der Waals surface area contributed by atoms with Gasteiger partial charge in [0.25, 0.3) is 0 Å². The summed E-state index contributed by atoms with van der Waals surface area (Å²) in [6, 6.07) is 0. The Morgan fingerprint density at radius 2 is 1.47 bits per heavy atom. The highest BCUT2D eigenvalue weighted by atomic mass is 14.2. The van der Waals surface area contributed by atoms with Crippen LogP contribution < -0.4 is 0 Å². The third kappa shape index (κ3) is 7.88. The molecule has 0 aromatic rings. The zero-order chi connectivity index (χ0) is 11.7. The molecule has 0 aromatic heterocycles. The molecular formula is C15H32. The molecule has 0 heteroatoms. The van der Waals surface area contributed by atoms with Crippen LogP contribution in [-0.2, 0) is 0 Å². The van der Waals surface area contributed by atoms with Gasteiger partial charge in [-0.2, -0.15) is 0 Å². The topological polar surface area (TPSA) is 0 Å². The fourth-order valence-electron chi connectivity index (χ4n) is 2.44. The van der Waals surface area contributed by atoms with Crippen molar-refractivity contribution in [3.63, 3.8) is 0 Å². The molecule has 0 aliphatic carbocycles. The zero-order valence-corrected chi connectivity index (χ0v) is 11.7. The van der Waals surface area contributed by atoms with Crippen LogP contribution in [0.25, 0.3) is 0 Å². The molecule has 0 nitrogen and oxygen atoms in total. The summed E-state index contributed by atoms with van der Waals surface area (Å²) in [6.45, 7) is 11.8. The fraction of sp³-hybridized carbons (Fsp3) is 1.00. The van der Waals surface area contributed by atoms with Gasteiger partial charge in [0.2, 0.25) is 0 Å². The molecule has 0 rings (SSSR count). The van der Waals surface area contributed by atoms with Crippen LogP contribution in [-0.4, -0.2) is 0 Å². The number of hydrogen-bond acceptors (Lipinski definition) is 0. The van der Waals surface area contributed by atoms with Crippen LogP contribution in [0.15, 0.2) is 0 Å². The molecular weight excluding hydrogens is 180 g/mol. The third-order valence-corrected chi connectivity index (χ3v) is 3.70. The van der Waals surface area contributed by atoms with Crippen molar-refractivity contribution in [1.29, 1.82) is 0 Å². The monoisotopic (exact) mass is 212 g/mol. The van der Waals surface area contributed by atoms with Gasteiger partial charge in [-0.1, -0.05) is 79.6 Å². The Balaban J connectivity index is 3.67. The van der Waals surface area contributed by atoms with Gasteiger partial charge < -0.3 is 0 Å². The highest BCUT2D eigenvalue weighted by Crippen LogP contribution is 2.26. The summed E-state index contributed by atoms with van der Waals surface area (Å²) < 4.78 is 0. The maximum Gasteiger partial charge on any atom is -0.0391 e. The minimum Gasteiger partial charge on any atom is -0.0654 e. The van der Waals surface area contributed by atoms with E-state index in [9.17, 15) is 0 Å². The van der Waals surface area contributed by atoms with Gasteiger partial charge in [-0.3, -0.25) is 0 Å². The lowest BCUT2D eigenvalue weighted by molar-refractivity contribution is 0.290. The van der Waals surface area contributed by atoms with E-state index >= 15 is 0 Å². The molecule has 92 valence electrons. The van der Waals surface area contributed by atoms with Gasteiger partial charge >= 0.3 is 0 Å². The average molecular weight is 212 g/mol. The predicted molar refractivity (Wildman–Crippen MR) is 71.2 cm³/mol. The molecule has 0 spiro atoms. The maximum absolute atomic E-state index is 2.46. The molecule has 0 bridgehead atoms. The summed E-state index contributed by atoms with van der Waals surface area (Å²) >= 11 is 0. The number of unbranched alkanes of at least 4 members (excludes halogenated alkanes) is 1. The zero-order valence-electron chi connectivity index (χ0n) is 11.7. The molecule has 0 aliphatic heterocycles. The quantitative estimate of drug-likeness (QED) is 0.462. The van der Waals surface area contributed by atoms with Gasteiger partial charge in [-0.25, -0.2) is 0 Å². The van der Waals surface area contributed by atoms with E-state index in [0.29, 0.717) is 0 Å². The number of rotatable bonds is 9. The molecule has 0 aromatic carbocycles. The molecule has 2 unspecified atom stereocenters. The molecule has 0 radical (unpaired) electrons. The summed E-state index contributed by atoms with van der Waals surface area (Å²) in [5.41, 5.74) is 0. The van der Waals surface area contributed by atoms with Crippen molar-refractivity contribution in [2.45, 2.75) is 79.6 Å². The van der Waals surface area contributed by atoms with Crippen LogP contribution in [0.3, 0.4) is 0 Å². The Hall–Kier alpha value is 0. The van der Waals surface area contributed by atoms with E-state index in [0.717, 1.165) is 17.8 Å². The van der Waals surface area contributed by atoms with E-state index in [1.165, 1.54) is 44.9 Å². The van der Waals surface area contributed by atoms with Gasteiger partial charge in [-0.05, 0) is 17.8 Å². The number of hydrogen-bond donors (Lipinski definition) is 0. The van der Waals surface area contributed by atoms with Gasteiger partial charge in [0, 0.05) is 0 Å². The van der Waals surface area contributed by atoms with Crippen molar-refractivity contribution < 1.29 is 0 Å². The Bertz CT molecular complexity index is 126. The smallest absolute Gasteiger partial charge is 0.0391 e. The highest BCUT2D eigenvalue weighted by molar-refractivity contribution is 4.66. The van der Waals surface area contributed by atoms with Crippen LogP contribution in [0, 0.1) is 17.8 Å². The second-order valence-corrected chi connectivity index (χ2v) is 5.61. The largest absolute Gasteiger partial charge is 0.0654 e. The highest BCUT2D eigenvalue weighted by Gasteiger charge is 2.14. The molecule has 2 atom stereocenters. The van der Waals surface area contributed by atoms with Crippen LogP contribution >= 0.6 is 0 Å². The van der Waals surface area contributed by atoms with Crippen LogP contribution in [0.5, 0.6) is 0 Å². The van der Waals surface area contributed by atoms with Crippen molar-refractivity contribution in [3.8, 4) is 0 Å². The molecule has 0 fully saturated rings. The lowest BCUT2D eigenvalue weighted by atomic mass is 9.83. The standard InChI is InChI=1S/C15H32/c1-6-8-12-15(7-2)14(5)11-9-10-13(3)4/h13-15H,6-12H2,1-5H3. The molecule has 0 aliphatic rings. The van der Waals surface area contributed by atoms with Crippen molar-refractivity contribution in [2.24, 2.45) is 17.8 Å². The summed E-state index contributed by atoms with van der Waals surface area (Å²) in [5, 5.41) is 0. The van der Waals surface area contributed by atoms with E-state index in [1.54, 1.807) is 0 Å². The summed E-state index contributed by atoms with van der Waals surface area (Å²) in [5.74, 6) is 2.81. The Labute approximate surface area is 97.8 Å². The second kappa shape index (κ2) is 9.24. The summed E-state index contributed by atoms with van der Waals surface area (Å²) in [7, 11) is 0. The first kappa shape index (κ1) is 15.0. The van der Waals surface area contributed by atoms with E-state index in [-0.39, 0.29) is 0 Å². The van der Waals surface area contributed by atoms with Gasteiger partial charge in [0.1, 0.15) is 0 Å². The van der Waals surface area contributed by atoms with E-state index in [4.69, 9.17) is 0 Å². The van der Waals surface area contributed by atoms with Crippen LogP contribution in [0.4, 0.5) is 0 Å². The van der Waals surface area contributed by atoms with E-state index in [2.05, 4.69) is 34.6 Å². The first-order valence-corrected chi connectivity index (χ1v) is 7.11. The molecule has 0 N–H and O–H groups in total. The van der Waals surface area contributed by atoms with Gasteiger partial charge in [0.05, 0.1) is 0 Å². The lowest BCUT2D eigenvalue weighted by Crippen LogP contribution is -2.11. The molecule has 0 amide bonds. The predicted octanol–water partition coefficient (Wildman–Crippen LogP) is 5.67. The average Bonchev–Trinajstić information content (AvgIpc) is 2.18. The third-order valence-electron chi connectivity index (χ3n) is 3.70. The normalized spacial score (nSPS) is 15.6. The van der Waals surface area contributed by atoms with E-state index in [1.807, 2.05) is 0 Å². The summed E-state index contributed by atoms with van der Waals surface area (Å²) in [4.78, 5) is 0. The first-order valence-electron chi connectivity index (χ1n) is 7.11.